The van der Waals surface area contributed by atoms with E-state index in [1.54, 1.807) is 0 Å². The molecule has 7 heteroatoms. The van der Waals surface area contributed by atoms with E-state index in [1.807, 2.05) is 14.0 Å². The fraction of sp³-hybridized carbons (Fsp3) is 0.591. The second-order valence-corrected chi connectivity index (χ2v) is 8.12. The summed E-state index contributed by atoms with van der Waals surface area (Å²) in [6.07, 6.45) is 4.50. The lowest BCUT2D eigenvalue weighted by Crippen LogP contribution is -2.56. The fourth-order valence-corrected chi connectivity index (χ4v) is 4.77. The number of aryl methyl sites for hydroxylation is 1. The van der Waals surface area contributed by atoms with E-state index in [0.717, 1.165) is 32.1 Å². The normalized spacial score (nSPS) is 23.1. The standard InChI is InChI=1S/C22H32N6O/c1-17-25-21(29-26-17)10-12-24-22(23-2)28-14-11-20-19(16-28)9-6-13-27(20)15-18-7-4-3-5-8-18/h3-5,7-8,19-20H,6,9-16H2,1-2H3,(H,23,24). The molecule has 0 aliphatic carbocycles. The molecule has 3 heterocycles. The van der Waals surface area contributed by atoms with E-state index >= 15 is 0 Å². The first-order valence-electron chi connectivity index (χ1n) is 10.8. The van der Waals surface area contributed by atoms with Crippen molar-refractivity contribution >= 4 is 5.96 Å². The summed E-state index contributed by atoms with van der Waals surface area (Å²) in [6, 6.07) is 11.6. The van der Waals surface area contributed by atoms with Crippen molar-refractivity contribution < 1.29 is 4.52 Å². The number of nitrogens with zero attached hydrogens (tertiary/aromatic N) is 5. The Balaban J connectivity index is 1.31. The first-order valence-corrected chi connectivity index (χ1v) is 10.8. The van der Waals surface area contributed by atoms with Crippen LogP contribution in [0.15, 0.2) is 39.8 Å². The van der Waals surface area contributed by atoms with Crippen LogP contribution < -0.4 is 5.32 Å². The van der Waals surface area contributed by atoms with Crippen LogP contribution in [0.25, 0.3) is 0 Å². The molecule has 1 aromatic heterocycles. The third-order valence-corrected chi connectivity index (χ3v) is 6.11. The smallest absolute Gasteiger partial charge is 0.228 e. The minimum atomic E-state index is 0.674. The Kier molecular flexibility index (Phi) is 6.44. The zero-order valence-electron chi connectivity index (χ0n) is 17.5. The van der Waals surface area contributed by atoms with Gasteiger partial charge in [0, 0.05) is 45.7 Å². The fourth-order valence-electron chi connectivity index (χ4n) is 4.77. The van der Waals surface area contributed by atoms with Gasteiger partial charge in [0.25, 0.3) is 0 Å². The number of hydrogen-bond acceptors (Lipinski definition) is 5. The largest absolute Gasteiger partial charge is 0.356 e. The molecule has 2 atom stereocenters. The van der Waals surface area contributed by atoms with Gasteiger partial charge in [-0.25, -0.2) is 0 Å². The van der Waals surface area contributed by atoms with Crippen LogP contribution in [-0.2, 0) is 13.0 Å². The van der Waals surface area contributed by atoms with E-state index < -0.39 is 0 Å². The lowest BCUT2D eigenvalue weighted by molar-refractivity contribution is 0.0372. The first-order chi connectivity index (χ1) is 14.2. The molecule has 1 N–H and O–H groups in total. The highest BCUT2D eigenvalue weighted by Crippen LogP contribution is 2.31. The maximum absolute atomic E-state index is 5.20. The number of fused-ring (bicyclic) bond motifs is 1. The van der Waals surface area contributed by atoms with Crippen LogP contribution in [0, 0.1) is 12.8 Å². The highest BCUT2D eigenvalue weighted by atomic mass is 16.5. The number of piperidine rings is 2. The number of benzene rings is 1. The Morgan fingerprint density at radius 3 is 2.86 bits per heavy atom. The van der Waals surface area contributed by atoms with Crippen molar-refractivity contribution in [3.63, 3.8) is 0 Å². The molecular formula is C22H32N6O. The molecule has 2 aromatic rings. The zero-order valence-corrected chi connectivity index (χ0v) is 17.5. The highest BCUT2D eigenvalue weighted by molar-refractivity contribution is 5.80. The van der Waals surface area contributed by atoms with Gasteiger partial charge in [-0.3, -0.25) is 9.89 Å². The lowest BCUT2D eigenvalue weighted by Gasteiger charge is -2.48. The Bertz CT molecular complexity index is 805. The molecule has 7 nitrogen and oxygen atoms in total. The molecule has 4 rings (SSSR count). The molecule has 0 bridgehead atoms. The predicted octanol–water partition coefficient (Wildman–Crippen LogP) is 2.48. The summed E-state index contributed by atoms with van der Waals surface area (Å²) < 4.78 is 5.20. The Hall–Kier alpha value is -2.41. The van der Waals surface area contributed by atoms with E-state index in [0.29, 0.717) is 30.1 Å². The molecule has 2 unspecified atom stereocenters. The highest BCUT2D eigenvalue weighted by Gasteiger charge is 2.36. The zero-order chi connectivity index (χ0) is 20.1. The second kappa shape index (κ2) is 9.39. The molecule has 1 aromatic carbocycles. The Morgan fingerprint density at radius 1 is 1.24 bits per heavy atom. The molecular weight excluding hydrogens is 364 g/mol. The van der Waals surface area contributed by atoms with Crippen LogP contribution in [-0.4, -0.2) is 65.2 Å². The van der Waals surface area contributed by atoms with Gasteiger partial charge in [0.2, 0.25) is 5.89 Å². The van der Waals surface area contributed by atoms with Crippen LogP contribution in [0.3, 0.4) is 0 Å². The number of guanidine groups is 1. The van der Waals surface area contributed by atoms with Gasteiger partial charge in [0.05, 0.1) is 0 Å². The predicted molar refractivity (Wildman–Crippen MR) is 114 cm³/mol. The van der Waals surface area contributed by atoms with E-state index in [4.69, 9.17) is 4.52 Å². The molecule has 2 fully saturated rings. The third kappa shape index (κ3) is 4.96. The van der Waals surface area contributed by atoms with Gasteiger partial charge in [-0.15, -0.1) is 0 Å². The molecule has 0 spiro atoms. The third-order valence-electron chi connectivity index (χ3n) is 6.11. The minimum absolute atomic E-state index is 0.674. The van der Waals surface area contributed by atoms with Gasteiger partial charge in [-0.2, -0.15) is 4.98 Å². The van der Waals surface area contributed by atoms with Gasteiger partial charge in [-0.05, 0) is 44.2 Å². The van der Waals surface area contributed by atoms with Gasteiger partial charge < -0.3 is 14.7 Å². The first kappa shape index (κ1) is 19.9. The molecule has 29 heavy (non-hydrogen) atoms. The number of hydrogen-bond donors (Lipinski definition) is 1. The maximum atomic E-state index is 5.20. The lowest BCUT2D eigenvalue weighted by atomic mass is 9.83. The molecule has 2 saturated heterocycles. The topological polar surface area (TPSA) is 69.8 Å². The quantitative estimate of drug-likeness (QED) is 0.619. The van der Waals surface area contributed by atoms with Crippen LogP contribution in [0.5, 0.6) is 0 Å². The summed E-state index contributed by atoms with van der Waals surface area (Å²) in [4.78, 5) is 13.9. The number of rotatable bonds is 5. The molecule has 2 aliphatic rings. The van der Waals surface area contributed by atoms with Gasteiger partial charge in [-0.1, -0.05) is 35.5 Å². The van der Waals surface area contributed by atoms with E-state index in [2.05, 4.69) is 60.6 Å². The van der Waals surface area contributed by atoms with Crippen LogP contribution in [0.1, 0.15) is 36.5 Å². The summed E-state index contributed by atoms with van der Waals surface area (Å²) in [5.74, 6) is 3.05. The van der Waals surface area contributed by atoms with E-state index in [9.17, 15) is 0 Å². The Morgan fingerprint density at radius 2 is 2.10 bits per heavy atom. The van der Waals surface area contributed by atoms with Crippen molar-refractivity contribution in [1.29, 1.82) is 0 Å². The van der Waals surface area contributed by atoms with Crippen LogP contribution >= 0.6 is 0 Å². The average Bonchev–Trinajstić information content (AvgIpc) is 3.17. The van der Waals surface area contributed by atoms with Crippen LogP contribution in [0.2, 0.25) is 0 Å². The van der Waals surface area contributed by atoms with Crippen molar-refractivity contribution in [2.75, 3.05) is 33.2 Å². The number of aromatic nitrogens is 2. The number of likely N-dealkylation sites (tertiary alicyclic amines) is 2. The van der Waals surface area contributed by atoms with Gasteiger partial charge in [0.1, 0.15) is 0 Å². The summed E-state index contributed by atoms with van der Waals surface area (Å²) in [5, 5.41) is 7.33. The van der Waals surface area contributed by atoms with Crippen molar-refractivity contribution in [2.45, 2.75) is 45.2 Å². The van der Waals surface area contributed by atoms with Gasteiger partial charge >= 0.3 is 0 Å². The minimum Gasteiger partial charge on any atom is -0.356 e. The molecule has 0 amide bonds. The van der Waals surface area contributed by atoms with Crippen molar-refractivity contribution in [3.05, 3.63) is 47.6 Å². The summed E-state index contributed by atoms with van der Waals surface area (Å²) in [7, 11) is 1.87. The summed E-state index contributed by atoms with van der Waals surface area (Å²) >= 11 is 0. The number of aliphatic imine (C=N–C) groups is 1. The van der Waals surface area contributed by atoms with Crippen molar-refractivity contribution in [3.8, 4) is 0 Å². The summed E-state index contributed by atoms with van der Waals surface area (Å²) in [6.45, 7) is 7.00. The van der Waals surface area contributed by atoms with Crippen LogP contribution in [0.4, 0.5) is 0 Å². The average molecular weight is 397 g/mol. The molecule has 0 radical (unpaired) electrons. The van der Waals surface area contributed by atoms with Gasteiger partial charge in [0.15, 0.2) is 11.8 Å². The van der Waals surface area contributed by atoms with E-state index in [-0.39, 0.29) is 0 Å². The van der Waals surface area contributed by atoms with Crippen molar-refractivity contribution in [2.24, 2.45) is 10.9 Å². The molecule has 156 valence electrons. The maximum Gasteiger partial charge on any atom is 0.228 e. The monoisotopic (exact) mass is 396 g/mol. The number of nitrogens with one attached hydrogen (secondary N) is 1. The van der Waals surface area contributed by atoms with E-state index in [1.165, 1.54) is 31.4 Å². The van der Waals surface area contributed by atoms with Crippen molar-refractivity contribution in [1.82, 2.24) is 25.3 Å². The Labute approximate surface area is 173 Å². The molecule has 2 aliphatic heterocycles. The summed E-state index contributed by atoms with van der Waals surface area (Å²) in [5.41, 5.74) is 1.42. The second-order valence-electron chi connectivity index (χ2n) is 8.12. The SMILES string of the molecule is CN=C(NCCc1nc(C)no1)N1CCC2C(CCCN2Cc2ccccc2)C1. The molecule has 0 saturated carbocycles.